The highest BCUT2D eigenvalue weighted by atomic mass is 16.5. The summed E-state index contributed by atoms with van der Waals surface area (Å²) in [5.41, 5.74) is 2.69. The van der Waals surface area contributed by atoms with Crippen LogP contribution in [0.1, 0.15) is 24.0 Å². The smallest absolute Gasteiger partial charge is 0.0613 e. The third kappa shape index (κ3) is 4.19. The molecule has 2 nitrogen and oxygen atoms in total. The van der Waals surface area contributed by atoms with Crippen LogP contribution in [0.2, 0.25) is 0 Å². The Morgan fingerprint density at radius 3 is 1.85 bits per heavy atom. The van der Waals surface area contributed by atoms with Crippen LogP contribution in [0.15, 0.2) is 60.7 Å². The molecule has 2 aromatic carbocycles. The van der Waals surface area contributed by atoms with Gasteiger partial charge in [0.05, 0.1) is 6.61 Å². The van der Waals surface area contributed by atoms with Gasteiger partial charge in [0, 0.05) is 25.6 Å². The monoisotopic (exact) mass is 269 g/mol. The fourth-order valence-corrected chi connectivity index (χ4v) is 2.43. The van der Waals surface area contributed by atoms with Crippen LogP contribution >= 0.6 is 0 Å². The first-order valence-electron chi connectivity index (χ1n) is 7.13. The van der Waals surface area contributed by atoms with Crippen LogP contribution in [-0.2, 0) is 4.74 Å². The predicted molar refractivity (Wildman–Crippen MR) is 84.1 cm³/mol. The summed E-state index contributed by atoms with van der Waals surface area (Å²) in [6.45, 7) is 3.80. The van der Waals surface area contributed by atoms with Crippen LogP contribution in [-0.4, -0.2) is 26.3 Å². The quantitative estimate of drug-likeness (QED) is 0.831. The van der Waals surface area contributed by atoms with Crippen molar-refractivity contribution in [2.45, 2.75) is 18.9 Å². The minimum atomic E-state index is 0.356. The molecule has 1 atom stereocenters. The van der Waals surface area contributed by atoms with Crippen LogP contribution < -0.4 is 5.32 Å². The zero-order valence-electron chi connectivity index (χ0n) is 12.3. The normalized spacial score (nSPS) is 12.6. The average molecular weight is 269 g/mol. The lowest BCUT2D eigenvalue weighted by atomic mass is 9.91. The SMILES string of the molecule is COCC(C)NCC(c1ccccc1)c1ccccc1. The van der Waals surface area contributed by atoms with E-state index >= 15 is 0 Å². The van der Waals surface area contributed by atoms with Crippen molar-refractivity contribution < 1.29 is 4.74 Å². The Balaban J connectivity index is 2.13. The third-order valence-electron chi connectivity index (χ3n) is 3.49. The molecule has 2 aromatic rings. The number of hydrogen-bond donors (Lipinski definition) is 1. The Morgan fingerprint density at radius 2 is 1.40 bits per heavy atom. The summed E-state index contributed by atoms with van der Waals surface area (Å²) >= 11 is 0. The molecule has 0 aliphatic carbocycles. The van der Waals surface area contributed by atoms with Gasteiger partial charge in [0.15, 0.2) is 0 Å². The first-order chi connectivity index (χ1) is 9.81. The van der Waals surface area contributed by atoms with Crippen LogP contribution in [0, 0.1) is 0 Å². The number of rotatable bonds is 7. The molecule has 0 aromatic heterocycles. The van der Waals surface area contributed by atoms with E-state index in [0.29, 0.717) is 12.0 Å². The minimum Gasteiger partial charge on any atom is -0.383 e. The van der Waals surface area contributed by atoms with E-state index in [-0.39, 0.29) is 0 Å². The molecule has 20 heavy (non-hydrogen) atoms. The molecule has 0 bridgehead atoms. The highest BCUT2D eigenvalue weighted by Crippen LogP contribution is 2.23. The Kier molecular flexibility index (Phi) is 5.78. The van der Waals surface area contributed by atoms with Crippen molar-refractivity contribution >= 4 is 0 Å². The van der Waals surface area contributed by atoms with E-state index in [1.54, 1.807) is 7.11 Å². The molecule has 0 aliphatic heterocycles. The van der Waals surface area contributed by atoms with Crippen LogP contribution in [0.5, 0.6) is 0 Å². The van der Waals surface area contributed by atoms with E-state index in [4.69, 9.17) is 4.74 Å². The van der Waals surface area contributed by atoms with E-state index in [9.17, 15) is 0 Å². The summed E-state index contributed by atoms with van der Waals surface area (Å²) in [7, 11) is 1.74. The minimum absolute atomic E-state index is 0.356. The van der Waals surface area contributed by atoms with Gasteiger partial charge < -0.3 is 10.1 Å². The van der Waals surface area contributed by atoms with Crippen molar-refractivity contribution in [1.82, 2.24) is 5.32 Å². The first-order valence-corrected chi connectivity index (χ1v) is 7.13. The highest BCUT2D eigenvalue weighted by Gasteiger charge is 2.14. The van der Waals surface area contributed by atoms with E-state index in [1.807, 2.05) is 0 Å². The van der Waals surface area contributed by atoms with Gasteiger partial charge in [-0.3, -0.25) is 0 Å². The fourth-order valence-electron chi connectivity index (χ4n) is 2.43. The fraction of sp³-hybridized carbons (Fsp3) is 0.333. The van der Waals surface area contributed by atoms with Gasteiger partial charge in [0.1, 0.15) is 0 Å². The van der Waals surface area contributed by atoms with E-state index in [0.717, 1.165) is 13.2 Å². The number of ether oxygens (including phenoxy) is 1. The zero-order valence-corrected chi connectivity index (χ0v) is 12.3. The molecule has 2 heteroatoms. The Morgan fingerprint density at radius 1 is 0.900 bits per heavy atom. The van der Waals surface area contributed by atoms with E-state index in [1.165, 1.54) is 11.1 Å². The second kappa shape index (κ2) is 7.83. The average Bonchev–Trinajstić information content (AvgIpc) is 2.50. The third-order valence-corrected chi connectivity index (χ3v) is 3.49. The summed E-state index contributed by atoms with van der Waals surface area (Å²) in [5.74, 6) is 0.372. The topological polar surface area (TPSA) is 21.3 Å². The molecule has 0 heterocycles. The van der Waals surface area contributed by atoms with Gasteiger partial charge in [0.25, 0.3) is 0 Å². The predicted octanol–water partition coefficient (Wildman–Crippen LogP) is 3.44. The molecule has 0 aliphatic rings. The molecule has 1 N–H and O–H groups in total. The molecule has 0 saturated heterocycles. The summed E-state index contributed by atoms with van der Waals surface area (Å²) in [4.78, 5) is 0. The highest BCUT2D eigenvalue weighted by molar-refractivity contribution is 5.32. The zero-order chi connectivity index (χ0) is 14.2. The Bertz CT molecular complexity index is 444. The summed E-state index contributed by atoms with van der Waals surface area (Å²) < 4.78 is 5.18. The van der Waals surface area contributed by atoms with Gasteiger partial charge in [-0.2, -0.15) is 0 Å². The summed E-state index contributed by atoms with van der Waals surface area (Å²) in [6.07, 6.45) is 0. The van der Waals surface area contributed by atoms with Crippen LogP contribution in [0.4, 0.5) is 0 Å². The van der Waals surface area contributed by atoms with Crippen LogP contribution in [0.25, 0.3) is 0 Å². The lowest BCUT2D eigenvalue weighted by molar-refractivity contribution is 0.172. The van der Waals surface area contributed by atoms with Gasteiger partial charge in [-0.05, 0) is 18.1 Å². The lowest BCUT2D eigenvalue weighted by Crippen LogP contribution is -2.33. The van der Waals surface area contributed by atoms with Gasteiger partial charge in [0.2, 0.25) is 0 Å². The van der Waals surface area contributed by atoms with Crippen molar-refractivity contribution in [2.75, 3.05) is 20.3 Å². The molecule has 0 spiro atoms. The number of nitrogens with one attached hydrogen (secondary N) is 1. The lowest BCUT2D eigenvalue weighted by Gasteiger charge is -2.21. The van der Waals surface area contributed by atoms with Crippen molar-refractivity contribution in [3.8, 4) is 0 Å². The largest absolute Gasteiger partial charge is 0.383 e. The Hall–Kier alpha value is -1.64. The number of benzene rings is 2. The molecule has 0 saturated carbocycles. The van der Waals surface area contributed by atoms with E-state index < -0.39 is 0 Å². The Labute approximate surface area is 121 Å². The van der Waals surface area contributed by atoms with Gasteiger partial charge in [-0.25, -0.2) is 0 Å². The standard InChI is InChI=1S/C18H23NO/c1-15(14-20-2)19-13-18(16-9-5-3-6-10-16)17-11-7-4-8-12-17/h3-12,15,18-19H,13-14H2,1-2H3. The van der Waals surface area contributed by atoms with Crippen LogP contribution in [0.3, 0.4) is 0 Å². The molecular weight excluding hydrogens is 246 g/mol. The van der Waals surface area contributed by atoms with Crippen molar-refractivity contribution in [2.24, 2.45) is 0 Å². The molecule has 0 amide bonds. The second-order valence-corrected chi connectivity index (χ2v) is 5.14. The number of hydrogen-bond acceptors (Lipinski definition) is 2. The van der Waals surface area contributed by atoms with E-state index in [2.05, 4.69) is 72.9 Å². The molecule has 2 rings (SSSR count). The maximum absolute atomic E-state index is 5.18. The molecule has 106 valence electrons. The summed E-state index contributed by atoms with van der Waals surface area (Å²) in [6, 6.07) is 21.7. The van der Waals surface area contributed by atoms with Crippen molar-refractivity contribution in [3.05, 3.63) is 71.8 Å². The summed E-state index contributed by atoms with van der Waals surface area (Å²) in [5, 5.41) is 3.56. The molecule has 0 fully saturated rings. The van der Waals surface area contributed by atoms with Gasteiger partial charge in [-0.1, -0.05) is 60.7 Å². The first kappa shape index (κ1) is 14.8. The second-order valence-electron chi connectivity index (χ2n) is 5.14. The van der Waals surface area contributed by atoms with Crippen molar-refractivity contribution in [3.63, 3.8) is 0 Å². The number of methoxy groups -OCH3 is 1. The molecule has 0 radical (unpaired) electrons. The maximum atomic E-state index is 5.18. The maximum Gasteiger partial charge on any atom is 0.0613 e. The molecular formula is C18H23NO. The van der Waals surface area contributed by atoms with Gasteiger partial charge in [-0.15, -0.1) is 0 Å². The van der Waals surface area contributed by atoms with Gasteiger partial charge >= 0.3 is 0 Å². The van der Waals surface area contributed by atoms with Crippen molar-refractivity contribution in [1.29, 1.82) is 0 Å². The molecule has 1 unspecified atom stereocenters.